The van der Waals surface area contributed by atoms with Crippen molar-refractivity contribution in [3.05, 3.63) is 50.6 Å². The van der Waals surface area contributed by atoms with Crippen molar-refractivity contribution in [3.8, 4) is 5.75 Å². The molecule has 0 saturated carbocycles. The van der Waals surface area contributed by atoms with Gasteiger partial charge in [0.05, 0.1) is 24.0 Å². The number of nitrogen functional groups attached to an aromatic ring is 1. The summed E-state index contributed by atoms with van der Waals surface area (Å²) in [7, 11) is 1.48. The molecular formula is C14H12ClIN2O2. The van der Waals surface area contributed by atoms with E-state index in [4.69, 9.17) is 22.1 Å². The van der Waals surface area contributed by atoms with Crippen molar-refractivity contribution in [3.63, 3.8) is 0 Å². The number of amides is 1. The summed E-state index contributed by atoms with van der Waals surface area (Å²) in [6.07, 6.45) is 0. The van der Waals surface area contributed by atoms with Crippen molar-refractivity contribution >= 4 is 51.5 Å². The molecular weight excluding hydrogens is 391 g/mol. The lowest BCUT2D eigenvalue weighted by molar-refractivity contribution is 0.102. The van der Waals surface area contributed by atoms with Crippen molar-refractivity contribution in [2.24, 2.45) is 0 Å². The molecule has 4 nitrogen and oxygen atoms in total. The number of nitrogens with one attached hydrogen (secondary N) is 1. The monoisotopic (exact) mass is 402 g/mol. The number of ether oxygens (including phenoxy) is 1. The molecule has 104 valence electrons. The molecule has 2 aromatic rings. The van der Waals surface area contributed by atoms with Crippen molar-refractivity contribution in [2.75, 3.05) is 18.2 Å². The first kappa shape index (κ1) is 14.9. The highest BCUT2D eigenvalue weighted by atomic mass is 127. The molecule has 0 unspecified atom stereocenters. The van der Waals surface area contributed by atoms with E-state index in [0.717, 1.165) is 3.57 Å². The lowest BCUT2D eigenvalue weighted by Gasteiger charge is -2.12. The first-order valence-corrected chi connectivity index (χ1v) is 7.17. The zero-order valence-electron chi connectivity index (χ0n) is 10.6. The fraction of sp³-hybridized carbons (Fsp3) is 0.0714. The summed E-state index contributed by atoms with van der Waals surface area (Å²) in [5.74, 6) is 0.0864. The van der Waals surface area contributed by atoms with Crippen LogP contribution in [0, 0.1) is 3.57 Å². The van der Waals surface area contributed by atoms with Gasteiger partial charge in [-0.3, -0.25) is 4.79 Å². The Balaban J connectivity index is 2.31. The van der Waals surface area contributed by atoms with Gasteiger partial charge in [-0.1, -0.05) is 17.7 Å². The Labute approximate surface area is 135 Å². The summed E-state index contributed by atoms with van der Waals surface area (Å²) < 4.78 is 6.03. The number of hydrogen-bond acceptors (Lipinski definition) is 3. The molecule has 0 bridgehead atoms. The second-order valence-corrected chi connectivity index (χ2v) is 5.60. The molecule has 1 amide bonds. The van der Waals surface area contributed by atoms with Crippen LogP contribution in [0.25, 0.3) is 0 Å². The highest BCUT2D eigenvalue weighted by Crippen LogP contribution is 2.28. The zero-order chi connectivity index (χ0) is 14.7. The Bertz CT molecular complexity index is 662. The maximum Gasteiger partial charge on any atom is 0.259 e. The molecule has 0 aromatic heterocycles. The van der Waals surface area contributed by atoms with E-state index in [1.54, 1.807) is 36.4 Å². The van der Waals surface area contributed by atoms with Crippen LogP contribution in [0.5, 0.6) is 5.75 Å². The van der Waals surface area contributed by atoms with Crippen molar-refractivity contribution in [1.29, 1.82) is 0 Å². The van der Waals surface area contributed by atoms with E-state index < -0.39 is 0 Å². The highest BCUT2D eigenvalue weighted by molar-refractivity contribution is 14.1. The molecule has 0 aliphatic heterocycles. The van der Waals surface area contributed by atoms with Crippen LogP contribution in [0.3, 0.4) is 0 Å². The number of para-hydroxylation sites is 1. The number of carbonyl (C=O) groups is 1. The van der Waals surface area contributed by atoms with Gasteiger partial charge in [0, 0.05) is 8.59 Å². The molecule has 0 spiro atoms. The van der Waals surface area contributed by atoms with E-state index >= 15 is 0 Å². The minimum absolute atomic E-state index is 0.283. The van der Waals surface area contributed by atoms with Crippen LogP contribution in [-0.4, -0.2) is 13.0 Å². The van der Waals surface area contributed by atoms with Gasteiger partial charge in [0.15, 0.2) is 5.75 Å². The number of halogens is 2. The molecule has 6 heteroatoms. The number of carbonyl (C=O) groups excluding carboxylic acids is 1. The molecule has 0 aliphatic rings. The van der Waals surface area contributed by atoms with Gasteiger partial charge in [-0.2, -0.15) is 0 Å². The van der Waals surface area contributed by atoms with Gasteiger partial charge in [0.1, 0.15) is 0 Å². The molecule has 3 N–H and O–H groups in total. The van der Waals surface area contributed by atoms with E-state index in [1.807, 2.05) is 0 Å². The standard InChI is InChI=1S/C14H12ClIN2O2/c1-20-13-9(3-2-4-11(13)17)14(19)18-12-6-5-8(15)7-10(12)16/h2-7H,17H2,1H3,(H,18,19). The maximum absolute atomic E-state index is 12.3. The molecule has 0 atom stereocenters. The molecule has 0 heterocycles. The molecule has 0 fully saturated rings. The van der Waals surface area contributed by atoms with Crippen LogP contribution in [0.4, 0.5) is 11.4 Å². The van der Waals surface area contributed by atoms with Crippen molar-refractivity contribution in [2.45, 2.75) is 0 Å². The van der Waals surface area contributed by atoms with E-state index in [-0.39, 0.29) is 5.91 Å². The minimum atomic E-state index is -0.283. The Morgan fingerprint density at radius 1 is 1.35 bits per heavy atom. The second kappa shape index (κ2) is 6.32. The van der Waals surface area contributed by atoms with Gasteiger partial charge in [0.25, 0.3) is 5.91 Å². The van der Waals surface area contributed by atoms with Crippen LogP contribution in [0.2, 0.25) is 5.02 Å². The first-order valence-electron chi connectivity index (χ1n) is 5.72. The number of rotatable bonds is 3. The third-order valence-electron chi connectivity index (χ3n) is 2.67. The third-order valence-corrected chi connectivity index (χ3v) is 3.80. The molecule has 0 saturated heterocycles. The SMILES string of the molecule is COc1c(N)cccc1C(=O)Nc1ccc(Cl)cc1I. The molecule has 2 aromatic carbocycles. The van der Waals surface area contributed by atoms with Crippen LogP contribution >= 0.6 is 34.2 Å². The summed E-state index contributed by atoms with van der Waals surface area (Å²) >= 11 is 7.99. The number of nitrogens with two attached hydrogens (primary N) is 1. The topological polar surface area (TPSA) is 64.3 Å². The summed E-state index contributed by atoms with van der Waals surface area (Å²) in [4.78, 5) is 12.3. The highest BCUT2D eigenvalue weighted by Gasteiger charge is 2.15. The quantitative estimate of drug-likeness (QED) is 0.606. The normalized spacial score (nSPS) is 10.2. The molecule has 2 rings (SSSR count). The lowest BCUT2D eigenvalue weighted by atomic mass is 10.1. The fourth-order valence-corrected chi connectivity index (χ4v) is 2.75. The molecule has 0 radical (unpaired) electrons. The maximum atomic E-state index is 12.3. The van der Waals surface area contributed by atoms with E-state index in [0.29, 0.717) is 27.7 Å². The number of hydrogen-bond donors (Lipinski definition) is 2. The Kier molecular flexibility index (Phi) is 4.72. The van der Waals surface area contributed by atoms with Gasteiger partial charge in [-0.15, -0.1) is 0 Å². The van der Waals surface area contributed by atoms with Crippen molar-refractivity contribution in [1.82, 2.24) is 0 Å². The van der Waals surface area contributed by atoms with Gasteiger partial charge in [-0.25, -0.2) is 0 Å². The van der Waals surface area contributed by atoms with E-state index in [9.17, 15) is 4.79 Å². The van der Waals surface area contributed by atoms with Gasteiger partial charge in [0.2, 0.25) is 0 Å². The smallest absolute Gasteiger partial charge is 0.259 e. The van der Waals surface area contributed by atoms with Crippen LogP contribution in [0.1, 0.15) is 10.4 Å². The third kappa shape index (κ3) is 3.16. The van der Waals surface area contributed by atoms with E-state index in [2.05, 4.69) is 27.9 Å². The van der Waals surface area contributed by atoms with Crippen LogP contribution < -0.4 is 15.8 Å². The number of benzene rings is 2. The summed E-state index contributed by atoms with van der Waals surface area (Å²) in [5.41, 5.74) is 7.28. The predicted octanol–water partition coefficient (Wildman–Crippen LogP) is 3.79. The average Bonchev–Trinajstić information content (AvgIpc) is 2.41. The average molecular weight is 403 g/mol. The van der Waals surface area contributed by atoms with E-state index in [1.165, 1.54) is 7.11 Å². The summed E-state index contributed by atoms with van der Waals surface area (Å²) in [6.45, 7) is 0. The number of methoxy groups -OCH3 is 1. The fourth-order valence-electron chi connectivity index (χ4n) is 1.74. The van der Waals surface area contributed by atoms with Gasteiger partial charge < -0.3 is 15.8 Å². The molecule has 0 aliphatic carbocycles. The first-order chi connectivity index (χ1) is 9.52. The summed E-state index contributed by atoms with van der Waals surface area (Å²) in [6, 6.07) is 10.3. The molecule has 20 heavy (non-hydrogen) atoms. The Morgan fingerprint density at radius 3 is 2.75 bits per heavy atom. The Morgan fingerprint density at radius 2 is 2.10 bits per heavy atom. The van der Waals surface area contributed by atoms with Crippen LogP contribution in [0.15, 0.2) is 36.4 Å². The summed E-state index contributed by atoms with van der Waals surface area (Å²) in [5, 5.41) is 3.43. The minimum Gasteiger partial charge on any atom is -0.494 e. The largest absolute Gasteiger partial charge is 0.494 e. The van der Waals surface area contributed by atoms with Gasteiger partial charge >= 0.3 is 0 Å². The zero-order valence-corrected chi connectivity index (χ0v) is 13.5. The predicted molar refractivity (Wildman–Crippen MR) is 89.5 cm³/mol. The van der Waals surface area contributed by atoms with Crippen molar-refractivity contribution < 1.29 is 9.53 Å². The van der Waals surface area contributed by atoms with Crippen LogP contribution in [-0.2, 0) is 0 Å². The lowest BCUT2D eigenvalue weighted by Crippen LogP contribution is -2.14. The second-order valence-electron chi connectivity index (χ2n) is 4.01. The number of anilines is 2. The van der Waals surface area contributed by atoms with Gasteiger partial charge in [-0.05, 0) is 52.9 Å². The Hall–Kier alpha value is -1.47.